The van der Waals surface area contributed by atoms with E-state index in [1.54, 1.807) is 24.3 Å². The molecule has 3 N–H and O–H groups in total. The molecular formula is C17H13NO4. The molecule has 2 aliphatic heterocycles. The van der Waals surface area contributed by atoms with Crippen molar-refractivity contribution in [3.05, 3.63) is 77.5 Å². The highest BCUT2D eigenvalue weighted by Crippen LogP contribution is 2.45. The molecule has 0 bridgehead atoms. The smallest absolute Gasteiger partial charge is 0.347 e. The Bertz CT molecular complexity index is 797. The first-order valence-corrected chi connectivity index (χ1v) is 6.53. The van der Waals surface area contributed by atoms with Gasteiger partial charge in [0, 0.05) is 0 Å². The SMILES string of the molecule is N.O=C1OC2(OC=C(c3ccccc3)C2=O)c2ccccc21. The van der Waals surface area contributed by atoms with Crippen molar-refractivity contribution in [3.63, 3.8) is 0 Å². The highest BCUT2D eigenvalue weighted by molar-refractivity contribution is 6.27. The number of carbonyl (C=O) groups excluding carboxylic acids is 2. The van der Waals surface area contributed by atoms with Gasteiger partial charge in [0.05, 0.1) is 16.7 Å². The van der Waals surface area contributed by atoms with Crippen molar-refractivity contribution in [3.8, 4) is 0 Å². The standard InChI is InChI=1S/C17H10O4.H3N/c18-15-13(11-6-2-1-3-7-11)10-20-17(15)14-9-5-4-8-12(14)16(19)21-17;/h1-10H;1H3. The summed E-state index contributed by atoms with van der Waals surface area (Å²) >= 11 is 0. The predicted molar refractivity (Wildman–Crippen MR) is 79.1 cm³/mol. The van der Waals surface area contributed by atoms with E-state index in [9.17, 15) is 9.59 Å². The zero-order chi connectivity index (χ0) is 14.4. The maximum absolute atomic E-state index is 12.8. The van der Waals surface area contributed by atoms with E-state index in [1.807, 2.05) is 30.3 Å². The van der Waals surface area contributed by atoms with Crippen LogP contribution in [-0.2, 0) is 20.1 Å². The van der Waals surface area contributed by atoms with Crippen LogP contribution >= 0.6 is 0 Å². The van der Waals surface area contributed by atoms with E-state index in [4.69, 9.17) is 9.47 Å². The van der Waals surface area contributed by atoms with Crippen LogP contribution < -0.4 is 6.15 Å². The Morgan fingerprint density at radius 3 is 2.32 bits per heavy atom. The maximum Gasteiger partial charge on any atom is 0.347 e. The highest BCUT2D eigenvalue weighted by atomic mass is 16.7. The average molecular weight is 295 g/mol. The minimum Gasteiger partial charge on any atom is -0.449 e. The third-order valence-corrected chi connectivity index (χ3v) is 3.71. The lowest BCUT2D eigenvalue weighted by Crippen LogP contribution is -2.34. The number of Topliss-reactive ketones (excluding diaryl/α,β-unsaturated/α-hetero) is 1. The molecule has 2 heterocycles. The fraction of sp³-hybridized carbons (Fsp3) is 0.0588. The third-order valence-electron chi connectivity index (χ3n) is 3.71. The number of hydrogen-bond donors (Lipinski definition) is 1. The molecule has 1 unspecified atom stereocenters. The first kappa shape index (κ1) is 14.0. The van der Waals surface area contributed by atoms with Crippen molar-refractivity contribution in [1.29, 1.82) is 0 Å². The van der Waals surface area contributed by atoms with Crippen molar-refractivity contribution < 1.29 is 19.1 Å². The molecule has 2 aliphatic rings. The number of ether oxygens (including phenoxy) is 2. The van der Waals surface area contributed by atoms with Crippen LogP contribution in [0.4, 0.5) is 0 Å². The predicted octanol–water partition coefficient (Wildman–Crippen LogP) is 2.81. The molecule has 0 aromatic heterocycles. The molecule has 0 fully saturated rings. The summed E-state index contributed by atoms with van der Waals surface area (Å²) in [7, 11) is 0. The zero-order valence-electron chi connectivity index (χ0n) is 11.6. The summed E-state index contributed by atoms with van der Waals surface area (Å²) in [5.74, 6) is -2.55. The van der Waals surface area contributed by atoms with Crippen LogP contribution in [-0.4, -0.2) is 11.8 Å². The lowest BCUT2D eigenvalue weighted by atomic mass is 9.94. The van der Waals surface area contributed by atoms with Crippen molar-refractivity contribution in [2.24, 2.45) is 0 Å². The van der Waals surface area contributed by atoms with Gasteiger partial charge in [-0.15, -0.1) is 0 Å². The van der Waals surface area contributed by atoms with E-state index in [2.05, 4.69) is 0 Å². The van der Waals surface area contributed by atoms with Crippen LogP contribution in [0.5, 0.6) is 0 Å². The van der Waals surface area contributed by atoms with Gasteiger partial charge in [0.2, 0.25) is 0 Å². The maximum atomic E-state index is 12.8. The summed E-state index contributed by atoms with van der Waals surface area (Å²) in [5.41, 5.74) is 1.97. The summed E-state index contributed by atoms with van der Waals surface area (Å²) < 4.78 is 10.8. The Morgan fingerprint density at radius 2 is 1.55 bits per heavy atom. The second-order valence-electron chi connectivity index (χ2n) is 4.90. The molecule has 22 heavy (non-hydrogen) atoms. The van der Waals surface area contributed by atoms with Gasteiger partial charge in [-0.3, -0.25) is 4.79 Å². The number of carbonyl (C=O) groups is 2. The lowest BCUT2D eigenvalue weighted by molar-refractivity contribution is -0.173. The molecule has 0 saturated heterocycles. The van der Waals surface area contributed by atoms with Crippen molar-refractivity contribution in [1.82, 2.24) is 6.15 Å². The second-order valence-corrected chi connectivity index (χ2v) is 4.90. The highest BCUT2D eigenvalue weighted by Gasteiger charge is 2.57. The van der Waals surface area contributed by atoms with Gasteiger partial charge in [-0.2, -0.15) is 0 Å². The Hall–Kier alpha value is -2.92. The summed E-state index contributed by atoms with van der Waals surface area (Å²) in [4.78, 5) is 24.7. The van der Waals surface area contributed by atoms with Crippen LogP contribution in [0, 0.1) is 0 Å². The molecule has 0 saturated carbocycles. The number of benzene rings is 2. The number of hydrogen-bond acceptors (Lipinski definition) is 5. The molecule has 110 valence electrons. The van der Waals surface area contributed by atoms with Crippen LogP contribution in [0.3, 0.4) is 0 Å². The number of ketones is 1. The number of rotatable bonds is 1. The van der Waals surface area contributed by atoms with Gasteiger partial charge in [-0.25, -0.2) is 4.79 Å². The molecule has 2 aromatic rings. The van der Waals surface area contributed by atoms with Gasteiger partial charge in [-0.1, -0.05) is 42.5 Å². The molecule has 4 rings (SSSR count). The van der Waals surface area contributed by atoms with Gasteiger partial charge >= 0.3 is 11.8 Å². The van der Waals surface area contributed by atoms with E-state index >= 15 is 0 Å². The molecule has 0 aliphatic carbocycles. The van der Waals surface area contributed by atoms with Gasteiger partial charge in [0.25, 0.3) is 5.78 Å². The van der Waals surface area contributed by atoms with E-state index in [1.165, 1.54) is 6.26 Å². The van der Waals surface area contributed by atoms with Crippen LogP contribution in [0.1, 0.15) is 21.5 Å². The minimum atomic E-state index is -1.65. The van der Waals surface area contributed by atoms with E-state index < -0.39 is 11.8 Å². The van der Waals surface area contributed by atoms with Crippen LogP contribution in [0.15, 0.2) is 60.9 Å². The van der Waals surface area contributed by atoms with Crippen LogP contribution in [0.2, 0.25) is 0 Å². The molecule has 0 radical (unpaired) electrons. The molecular weight excluding hydrogens is 282 g/mol. The number of esters is 1. The summed E-state index contributed by atoms with van der Waals surface area (Å²) in [6.07, 6.45) is 1.37. The summed E-state index contributed by atoms with van der Waals surface area (Å²) in [5, 5.41) is 0. The third kappa shape index (κ3) is 1.69. The molecule has 0 amide bonds. The zero-order valence-corrected chi connectivity index (χ0v) is 11.6. The fourth-order valence-corrected chi connectivity index (χ4v) is 2.69. The van der Waals surface area contributed by atoms with Crippen LogP contribution in [0.25, 0.3) is 5.57 Å². The Kier molecular flexibility index (Phi) is 3.08. The molecule has 1 atom stereocenters. The van der Waals surface area contributed by atoms with E-state index in [0.29, 0.717) is 16.7 Å². The monoisotopic (exact) mass is 295 g/mol. The quantitative estimate of drug-likeness (QED) is 0.817. The van der Waals surface area contributed by atoms with E-state index in [-0.39, 0.29) is 11.9 Å². The molecule has 1 spiro atoms. The van der Waals surface area contributed by atoms with Crippen molar-refractivity contribution in [2.45, 2.75) is 5.79 Å². The Morgan fingerprint density at radius 1 is 0.864 bits per heavy atom. The van der Waals surface area contributed by atoms with Gasteiger partial charge in [0.15, 0.2) is 0 Å². The first-order valence-electron chi connectivity index (χ1n) is 6.53. The van der Waals surface area contributed by atoms with Gasteiger partial charge in [-0.05, 0) is 17.7 Å². The minimum absolute atomic E-state index is 0. The lowest BCUT2D eigenvalue weighted by Gasteiger charge is -2.20. The fourth-order valence-electron chi connectivity index (χ4n) is 2.69. The second kappa shape index (κ2) is 4.82. The Balaban J connectivity index is 0.00000144. The normalized spacial score (nSPS) is 21.7. The topological polar surface area (TPSA) is 87.6 Å². The molecule has 5 heteroatoms. The number of fused-ring (bicyclic) bond motifs is 2. The first-order chi connectivity index (χ1) is 10.2. The molecule has 5 nitrogen and oxygen atoms in total. The van der Waals surface area contributed by atoms with Gasteiger partial charge in [0.1, 0.15) is 6.26 Å². The van der Waals surface area contributed by atoms with E-state index in [0.717, 1.165) is 5.56 Å². The largest absolute Gasteiger partial charge is 0.449 e. The van der Waals surface area contributed by atoms with Gasteiger partial charge < -0.3 is 15.6 Å². The Labute approximate surface area is 126 Å². The summed E-state index contributed by atoms with van der Waals surface area (Å²) in [6.45, 7) is 0. The summed E-state index contributed by atoms with van der Waals surface area (Å²) in [6, 6.07) is 16.0. The average Bonchev–Trinajstić information content (AvgIpc) is 3.01. The van der Waals surface area contributed by atoms with Crippen molar-refractivity contribution in [2.75, 3.05) is 0 Å². The molecule has 2 aromatic carbocycles. The van der Waals surface area contributed by atoms with Crippen molar-refractivity contribution >= 4 is 17.3 Å².